The molecule has 0 saturated carbocycles. The lowest BCUT2D eigenvalue weighted by Gasteiger charge is -1.94. The van der Waals surface area contributed by atoms with Crippen molar-refractivity contribution in [3.63, 3.8) is 0 Å². The third-order valence-electron chi connectivity index (χ3n) is 1.18. The van der Waals surface area contributed by atoms with E-state index in [4.69, 9.17) is 6.92 Å². The molecule has 1 aromatic carbocycles. The fraction of sp³-hybridized carbons (Fsp3) is 0.125. The van der Waals surface area contributed by atoms with Gasteiger partial charge in [0.1, 0.15) is 5.82 Å². The molecule has 46 valence electrons. The highest BCUT2D eigenvalue weighted by Gasteiger charge is 1.93. The molecular formula is C8H7F. The van der Waals surface area contributed by atoms with Crippen LogP contribution in [0.1, 0.15) is 5.56 Å². The van der Waals surface area contributed by atoms with Gasteiger partial charge in [0.05, 0.1) is 0 Å². The van der Waals surface area contributed by atoms with Crippen LogP contribution in [0.5, 0.6) is 0 Å². The van der Waals surface area contributed by atoms with Crippen LogP contribution in [0.2, 0.25) is 0 Å². The van der Waals surface area contributed by atoms with Gasteiger partial charge in [0.25, 0.3) is 0 Å². The Hall–Kier alpha value is -0.850. The SMILES string of the molecule is [CH]Cc1ccccc1F. The molecule has 1 aromatic rings. The minimum absolute atomic E-state index is 0.222. The van der Waals surface area contributed by atoms with Crippen molar-refractivity contribution in [2.45, 2.75) is 6.42 Å². The predicted octanol–water partition coefficient (Wildman–Crippen LogP) is 2.08. The first kappa shape index (κ1) is 6.27. The standard InChI is InChI=1S/C8H7F/c1-2-7-5-3-4-6-8(7)9/h1,3-6H,2H2. The van der Waals surface area contributed by atoms with E-state index in [9.17, 15) is 4.39 Å². The van der Waals surface area contributed by atoms with E-state index in [-0.39, 0.29) is 12.2 Å². The van der Waals surface area contributed by atoms with Crippen molar-refractivity contribution in [1.82, 2.24) is 0 Å². The van der Waals surface area contributed by atoms with Gasteiger partial charge in [0.15, 0.2) is 0 Å². The van der Waals surface area contributed by atoms with Crippen molar-refractivity contribution in [2.24, 2.45) is 0 Å². The summed E-state index contributed by atoms with van der Waals surface area (Å²) in [6.07, 6.45) is 0.271. The highest BCUT2D eigenvalue weighted by Crippen LogP contribution is 2.05. The van der Waals surface area contributed by atoms with Gasteiger partial charge in [0, 0.05) is 0 Å². The van der Waals surface area contributed by atoms with Crippen molar-refractivity contribution in [3.05, 3.63) is 42.6 Å². The van der Waals surface area contributed by atoms with Gasteiger partial charge in [-0.1, -0.05) is 18.2 Å². The topological polar surface area (TPSA) is 0 Å². The quantitative estimate of drug-likeness (QED) is 0.535. The molecule has 0 aliphatic heterocycles. The van der Waals surface area contributed by atoms with Crippen molar-refractivity contribution < 1.29 is 4.39 Å². The molecule has 0 saturated heterocycles. The first-order valence-electron chi connectivity index (χ1n) is 2.78. The molecule has 0 unspecified atom stereocenters. The molecule has 0 atom stereocenters. The zero-order valence-corrected chi connectivity index (χ0v) is 4.97. The van der Waals surface area contributed by atoms with Crippen molar-refractivity contribution >= 4 is 0 Å². The van der Waals surface area contributed by atoms with E-state index in [0.717, 1.165) is 0 Å². The predicted molar refractivity (Wildman–Crippen MR) is 34.4 cm³/mol. The van der Waals surface area contributed by atoms with Crippen LogP contribution in [0.3, 0.4) is 0 Å². The van der Waals surface area contributed by atoms with Gasteiger partial charge >= 0.3 is 0 Å². The van der Waals surface area contributed by atoms with E-state index in [1.54, 1.807) is 18.2 Å². The van der Waals surface area contributed by atoms with Crippen LogP contribution in [-0.4, -0.2) is 0 Å². The van der Waals surface area contributed by atoms with E-state index in [2.05, 4.69) is 0 Å². The van der Waals surface area contributed by atoms with Crippen LogP contribution in [0, 0.1) is 12.7 Å². The van der Waals surface area contributed by atoms with Gasteiger partial charge in [-0.05, 0) is 25.0 Å². The number of hydrogen-bond donors (Lipinski definition) is 0. The fourth-order valence-corrected chi connectivity index (χ4v) is 0.664. The third-order valence-corrected chi connectivity index (χ3v) is 1.18. The van der Waals surface area contributed by atoms with E-state index in [0.29, 0.717) is 5.56 Å². The van der Waals surface area contributed by atoms with Crippen LogP contribution in [0.25, 0.3) is 0 Å². The van der Waals surface area contributed by atoms with Crippen molar-refractivity contribution in [2.75, 3.05) is 0 Å². The first-order chi connectivity index (χ1) is 4.34. The van der Waals surface area contributed by atoms with Gasteiger partial charge in [-0.2, -0.15) is 0 Å². The maximum absolute atomic E-state index is 12.5. The van der Waals surface area contributed by atoms with E-state index >= 15 is 0 Å². The number of halogens is 1. The molecule has 2 radical (unpaired) electrons. The third kappa shape index (κ3) is 1.28. The lowest BCUT2D eigenvalue weighted by molar-refractivity contribution is 0.614. The lowest BCUT2D eigenvalue weighted by atomic mass is 10.2. The van der Waals surface area contributed by atoms with Crippen LogP contribution >= 0.6 is 0 Å². The summed E-state index contributed by atoms with van der Waals surface area (Å²) in [5.41, 5.74) is 0.567. The average molecular weight is 122 g/mol. The molecular weight excluding hydrogens is 115 g/mol. The summed E-state index contributed by atoms with van der Waals surface area (Å²) in [5.74, 6) is -0.222. The molecule has 0 aromatic heterocycles. The van der Waals surface area contributed by atoms with Crippen molar-refractivity contribution in [3.8, 4) is 0 Å². The second-order valence-corrected chi connectivity index (χ2v) is 1.80. The second kappa shape index (κ2) is 2.62. The molecule has 0 aliphatic rings. The maximum Gasteiger partial charge on any atom is 0.126 e. The summed E-state index contributed by atoms with van der Waals surface area (Å²) < 4.78 is 12.5. The Morgan fingerprint density at radius 2 is 2.00 bits per heavy atom. The van der Waals surface area contributed by atoms with Crippen LogP contribution < -0.4 is 0 Å². The highest BCUT2D eigenvalue weighted by molar-refractivity contribution is 5.17. The molecule has 0 amide bonds. The van der Waals surface area contributed by atoms with Crippen LogP contribution in [-0.2, 0) is 6.42 Å². The molecule has 0 spiro atoms. The Balaban J connectivity index is 3.01. The maximum atomic E-state index is 12.5. The Morgan fingerprint density at radius 1 is 1.33 bits per heavy atom. The lowest BCUT2D eigenvalue weighted by Crippen LogP contribution is -1.84. The monoisotopic (exact) mass is 122 g/mol. The Morgan fingerprint density at radius 3 is 2.44 bits per heavy atom. The van der Waals surface area contributed by atoms with E-state index in [1.807, 2.05) is 0 Å². The molecule has 1 heteroatoms. The van der Waals surface area contributed by atoms with Gasteiger partial charge in [0.2, 0.25) is 0 Å². The molecule has 0 nitrogen and oxygen atoms in total. The number of benzene rings is 1. The van der Waals surface area contributed by atoms with E-state index in [1.165, 1.54) is 6.07 Å². The Bertz CT molecular complexity index is 194. The molecule has 0 bridgehead atoms. The minimum Gasteiger partial charge on any atom is -0.207 e. The minimum atomic E-state index is -0.222. The summed E-state index contributed by atoms with van der Waals surface area (Å²) in [6.45, 7) is 5.21. The molecule has 0 fully saturated rings. The van der Waals surface area contributed by atoms with Gasteiger partial charge in [-0.3, -0.25) is 0 Å². The van der Waals surface area contributed by atoms with Crippen LogP contribution in [0.15, 0.2) is 24.3 Å². The van der Waals surface area contributed by atoms with E-state index < -0.39 is 0 Å². The van der Waals surface area contributed by atoms with Gasteiger partial charge < -0.3 is 0 Å². The molecule has 1 rings (SSSR count). The summed E-state index contributed by atoms with van der Waals surface area (Å²) in [4.78, 5) is 0. The summed E-state index contributed by atoms with van der Waals surface area (Å²) in [5, 5.41) is 0. The second-order valence-electron chi connectivity index (χ2n) is 1.80. The normalized spacial score (nSPS) is 9.56. The summed E-state index contributed by atoms with van der Waals surface area (Å²) in [6, 6.07) is 6.50. The number of rotatable bonds is 1. The summed E-state index contributed by atoms with van der Waals surface area (Å²) >= 11 is 0. The molecule has 0 heterocycles. The van der Waals surface area contributed by atoms with Crippen molar-refractivity contribution in [1.29, 1.82) is 0 Å². The zero-order chi connectivity index (χ0) is 6.69. The first-order valence-corrected chi connectivity index (χ1v) is 2.78. The highest BCUT2D eigenvalue weighted by atomic mass is 19.1. The van der Waals surface area contributed by atoms with Gasteiger partial charge in [-0.25, -0.2) is 4.39 Å². The number of hydrogen-bond acceptors (Lipinski definition) is 0. The molecule has 9 heavy (non-hydrogen) atoms. The largest absolute Gasteiger partial charge is 0.207 e. The Kier molecular flexibility index (Phi) is 1.83. The summed E-state index contributed by atoms with van der Waals surface area (Å²) in [7, 11) is 0. The average Bonchev–Trinajstić information content (AvgIpc) is 1.89. The van der Waals surface area contributed by atoms with Gasteiger partial charge in [-0.15, -0.1) is 0 Å². The Labute approximate surface area is 54.3 Å². The molecule has 0 aliphatic carbocycles. The van der Waals surface area contributed by atoms with Crippen LogP contribution in [0.4, 0.5) is 4.39 Å². The smallest absolute Gasteiger partial charge is 0.126 e. The molecule has 0 N–H and O–H groups in total. The zero-order valence-electron chi connectivity index (χ0n) is 4.97. The fourth-order valence-electron chi connectivity index (χ4n) is 0.664.